The maximum atomic E-state index is 11.8. The van der Waals surface area contributed by atoms with E-state index in [1.165, 1.54) is 11.1 Å². The van der Waals surface area contributed by atoms with Crippen molar-refractivity contribution in [1.82, 2.24) is 4.90 Å². The Hall–Kier alpha value is -1.92. The summed E-state index contributed by atoms with van der Waals surface area (Å²) in [6.07, 6.45) is 4.08. The number of benzene rings is 2. The Bertz CT molecular complexity index is 987. The van der Waals surface area contributed by atoms with Crippen LogP contribution < -0.4 is 4.74 Å². The molecule has 3 aliphatic rings. The number of hydrogen-bond donors (Lipinski definition) is 2. The molecule has 4 atom stereocenters. The summed E-state index contributed by atoms with van der Waals surface area (Å²) < 4.78 is 11.6. The molecular formula is C29H39NO4. The lowest BCUT2D eigenvalue weighted by Gasteiger charge is -2.59. The van der Waals surface area contributed by atoms with Crippen LogP contribution in [0.4, 0.5) is 0 Å². The Morgan fingerprint density at radius 2 is 1.85 bits per heavy atom. The summed E-state index contributed by atoms with van der Waals surface area (Å²) in [7, 11) is 0. The third-order valence-corrected chi connectivity index (χ3v) is 8.91. The topological polar surface area (TPSA) is 62.2 Å². The molecular weight excluding hydrogens is 426 g/mol. The van der Waals surface area contributed by atoms with Gasteiger partial charge in [-0.3, -0.25) is 4.90 Å². The molecule has 2 aliphatic carbocycles. The van der Waals surface area contributed by atoms with E-state index in [1.807, 2.05) is 37.3 Å². The van der Waals surface area contributed by atoms with Crippen molar-refractivity contribution >= 4 is 0 Å². The predicted molar refractivity (Wildman–Crippen MR) is 133 cm³/mol. The largest absolute Gasteiger partial charge is 0.492 e. The molecule has 2 aromatic carbocycles. The monoisotopic (exact) mass is 465 g/mol. The van der Waals surface area contributed by atoms with Crippen LogP contribution in [0.1, 0.15) is 56.2 Å². The first-order chi connectivity index (χ1) is 16.4. The minimum Gasteiger partial charge on any atom is -0.492 e. The fourth-order valence-corrected chi connectivity index (χ4v) is 6.92. The fraction of sp³-hybridized carbons (Fsp3) is 0.586. The molecule has 0 spiro atoms. The number of aliphatic hydroxyl groups is 2. The Kier molecular flexibility index (Phi) is 6.49. The molecule has 5 rings (SSSR count). The predicted octanol–water partition coefficient (Wildman–Crippen LogP) is 4.04. The summed E-state index contributed by atoms with van der Waals surface area (Å²) in [5, 5.41) is 23.5. The first-order valence-corrected chi connectivity index (χ1v) is 12.9. The van der Waals surface area contributed by atoms with Crippen molar-refractivity contribution < 1.29 is 19.7 Å². The molecule has 3 unspecified atom stereocenters. The maximum absolute atomic E-state index is 11.8. The summed E-state index contributed by atoms with van der Waals surface area (Å²) in [6, 6.07) is 16.3. The third kappa shape index (κ3) is 4.07. The van der Waals surface area contributed by atoms with Crippen molar-refractivity contribution in [3.05, 3.63) is 65.2 Å². The highest BCUT2D eigenvalue weighted by Gasteiger charge is 2.60. The van der Waals surface area contributed by atoms with Gasteiger partial charge in [-0.2, -0.15) is 0 Å². The molecule has 5 nitrogen and oxygen atoms in total. The lowest BCUT2D eigenvalue weighted by Crippen LogP contribution is -2.62. The summed E-state index contributed by atoms with van der Waals surface area (Å²) in [5.41, 5.74) is 0.898. The zero-order valence-electron chi connectivity index (χ0n) is 20.6. The van der Waals surface area contributed by atoms with Gasteiger partial charge in [-0.15, -0.1) is 0 Å². The van der Waals surface area contributed by atoms with Crippen LogP contribution in [0.3, 0.4) is 0 Å². The molecule has 34 heavy (non-hydrogen) atoms. The SMILES string of the molecule is CCC12CC(C)(O)C(O)(c3ccccc3)C[C@H]1CCc1cc(OCCN3CCOCC3)ccc12. The Balaban J connectivity index is 1.37. The van der Waals surface area contributed by atoms with E-state index in [-0.39, 0.29) is 5.41 Å². The van der Waals surface area contributed by atoms with Gasteiger partial charge in [-0.25, -0.2) is 0 Å². The van der Waals surface area contributed by atoms with Gasteiger partial charge in [0.25, 0.3) is 0 Å². The molecule has 2 aromatic rings. The summed E-state index contributed by atoms with van der Waals surface area (Å²) in [6.45, 7) is 9.22. The second kappa shape index (κ2) is 9.27. The van der Waals surface area contributed by atoms with Crippen molar-refractivity contribution in [2.75, 3.05) is 39.5 Å². The van der Waals surface area contributed by atoms with Crippen molar-refractivity contribution in [1.29, 1.82) is 0 Å². The van der Waals surface area contributed by atoms with E-state index in [4.69, 9.17) is 9.47 Å². The van der Waals surface area contributed by atoms with E-state index in [1.54, 1.807) is 0 Å². The molecule has 1 aliphatic heterocycles. The summed E-state index contributed by atoms with van der Waals surface area (Å²) in [4.78, 5) is 2.39. The summed E-state index contributed by atoms with van der Waals surface area (Å²) >= 11 is 0. The van der Waals surface area contributed by atoms with Crippen LogP contribution in [0, 0.1) is 5.92 Å². The van der Waals surface area contributed by atoms with Crippen molar-refractivity contribution in [2.24, 2.45) is 5.92 Å². The summed E-state index contributed by atoms with van der Waals surface area (Å²) in [5.74, 6) is 1.25. The molecule has 2 N–H and O–H groups in total. The van der Waals surface area contributed by atoms with E-state index in [0.29, 0.717) is 25.4 Å². The number of fused-ring (bicyclic) bond motifs is 3. The minimum atomic E-state index is -1.24. The van der Waals surface area contributed by atoms with Gasteiger partial charge in [0.05, 0.1) is 18.8 Å². The first kappa shape index (κ1) is 23.8. The highest BCUT2D eigenvalue weighted by Crippen LogP contribution is 2.60. The molecule has 1 saturated heterocycles. The van der Waals surface area contributed by atoms with Crippen molar-refractivity contribution in [3.63, 3.8) is 0 Å². The second-order valence-electron chi connectivity index (χ2n) is 10.7. The zero-order valence-corrected chi connectivity index (χ0v) is 20.6. The lowest BCUT2D eigenvalue weighted by atomic mass is 9.49. The number of nitrogens with zero attached hydrogens (tertiary/aromatic N) is 1. The van der Waals surface area contributed by atoms with Crippen LogP contribution in [0.25, 0.3) is 0 Å². The molecule has 184 valence electrons. The Labute approximate surface area is 203 Å². The quantitative estimate of drug-likeness (QED) is 0.674. The van der Waals surface area contributed by atoms with E-state index in [9.17, 15) is 10.2 Å². The second-order valence-corrected chi connectivity index (χ2v) is 10.7. The number of rotatable bonds is 6. The van der Waals surface area contributed by atoms with Crippen molar-refractivity contribution in [2.45, 2.75) is 62.6 Å². The lowest BCUT2D eigenvalue weighted by molar-refractivity contribution is -0.205. The Morgan fingerprint density at radius 1 is 1.09 bits per heavy atom. The van der Waals surface area contributed by atoms with Crippen molar-refractivity contribution in [3.8, 4) is 5.75 Å². The average Bonchev–Trinajstić information content (AvgIpc) is 2.86. The molecule has 1 heterocycles. The van der Waals surface area contributed by atoms with Gasteiger partial charge in [0.15, 0.2) is 0 Å². The van der Waals surface area contributed by atoms with Crippen LogP contribution in [0.2, 0.25) is 0 Å². The van der Waals surface area contributed by atoms with Gasteiger partial charge in [0, 0.05) is 25.0 Å². The van der Waals surface area contributed by atoms with E-state index in [0.717, 1.165) is 63.4 Å². The zero-order chi connectivity index (χ0) is 23.8. The number of aryl methyl sites for hydroxylation is 1. The van der Waals surface area contributed by atoms with Gasteiger partial charge >= 0.3 is 0 Å². The van der Waals surface area contributed by atoms with Gasteiger partial charge in [0.2, 0.25) is 0 Å². The molecule has 5 heteroatoms. The first-order valence-electron chi connectivity index (χ1n) is 12.9. The third-order valence-electron chi connectivity index (χ3n) is 8.91. The van der Waals surface area contributed by atoms with E-state index < -0.39 is 11.2 Å². The van der Waals surface area contributed by atoms with E-state index >= 15 is 0 Å². The molecule has 0 bridgehead atoms. The van der Waals surface area contributed by atoms with Gasteiger partial charge in [-0.1, -0.05) is 43.3 Å². The molecule has 0 amide bonds. The van der Waals surface area contributed by atoms with Crippen LogP contribution in [0.5, 0.6) is 5.75 Å². The maximum Gasteiger partial charge on any atom is 0.119 e. The normalized spacial score (nSPS) is 33.7. The standard InChI is InChI=1S/C29H39NO4/c1-3-28-21-27(2,31)29(32,23-7-5-4-6-8-23)20-24(28)10-9-22-19-25(11-12-26(22)28)34-18-15-30-13-16-33-17-14-30/h4-8,11-12,19,24,31-32H,3,9-10,13-18,20-21H2,1-2H3/t24-,27?,28?,29?/m1/s1. The minimum absolute atomic E-state index is 0.134. The van der Waals surface area contributed by atoms with Crippen LogP contribution >= 0.6 is 0 Å². The fourth-order valence-electron chi connectivity index (χ4n) is 6.92. The highest BCUT2D eigenvalue weighted by atomic mass is 16.5. The van der Waals surface area contributed by atoms with Gasteiger partial charge in [-0.05, 0) is 73.8 Å². The molecule has 1 saturated carbocycles. The van der Waals surface area contributed by atoms with Crippen LogP contribution in [0.15, 0.2) is 48.5 Å². The van der Waals surface area contributed by atoms with Gasteiger partial charge in [0.1, 0.15) is 18.0 Å². The molecule has 2 fully saturated rings. The average molecular weight is 466 g/mol. The number of hydrogen-bond acceptors (Lipinski definition) is 5. The number of ether oxygens (including phenoxy) is 2. The smallest absolute Gasteiger partial charge is 0.119 e. The van der Waals surface area contributed by atoms with Crippen LogP contribution in [-0.4, -0.2) is 60.2 Å². The van der Waals surface area contributed by atoms with E-state index in [2.05, 4.69) is 30.0 Å². The van der Waals surface area contributed by atoms with Gasteiger partial charge < -0.3 is 19.7 Å². The number of morpholine rings is 1. The molecule has 0 aromatic heterocycles. The highest BCUT2D eigenvalue weighted by molar-refractivity contribution is 5.45. The van der Waals surface area contributed by atoms with Crippen LogP contribution in [-0.2, 0) is 22.2 Å². The molecule has 0 radical (unpaired) electrons. The Morgan fingerprint density at radius 3 is 2.59 bits per heavy atom.